The van der Waals surface area contributed by atoms with Crippen LogP contribution in [0.4, 0.5) is 0 Å². The summed E-state index contributed by atoms with van der Waals surface area (Å²) in [5.74, 6) is -0.710. The van der Waals surface area contributed by atoms with Gasteiger partial charge in [-0.3, -0.25) is 4.79 Å². The lowest BCUT2D eigenvalue weighted by atomic mass is 10.1. The second kappa shape index (κ2) is 6.10. The molecule has 4 nitrogen and oxygen atoms in total. The van der Waals surface area contributed by atoms with Crippen LogP contribution in [-0.4, -0.2) is 30.8 Å². The van der Waals surface area contributed by atoms with Gasteiger partial charge in [-0.1, -0.05) is 23.2 Å². The lowest BCUT2D eigenvalue weighted by molar-refractivity contribution is 0.0903. The second-order valence-corrected chi connectivity index (χ2v) is 4.46. The normalized spacial score (nSPS) is 12.2. The molecule has 1 amide bonds. The van der Waals surface area contributed by atoms with Gasteiger partial charge in [-0.15, -0.1) is 0 Å². The zero-order chi connectivity index (χ0) is 13.0. The molecule has 6 heteroatoms. The molecule has 0 aliphatic heterocycles. The fourth-order valence-corrected chi connectivity index (χ4v) is 1.94. The van der Waals surface area contributed by atoms with Crippen LogP contribution in [0.2, 0.25) is 10.0 Å². The molecule has 1 aromatic rings. The van der Waals surface area contributed by atoms with Gasteiger partial charge in [-0.05, 0) is 19.1 Å². The Balaban J connectivity index is 2.89. The molecule has 0 aliphatic rings. The number of phenols is 1. The summed E-state index contributed by atoms with van der Waals surface area (Å²) in [6.45, 7) is 2.15. The Bertz CT molecular complexity index is 400. The maximum absolute atomic E-state index is 11.8. The van der Waals surface area contributed by atoms with Crippen LogP contribution in [0.3, 0.4) is 0 Å². The number of halogens is 2. The molecule has 0 unspecified atom stereocenters. The number of ether oxygens (including phenoxy) is 1. The van der Waals surface area contributed by atoms with Gasteiger partial charge in [-0.2, -0.15) is 0 Å². The highest BCUT2D eigenvalue weighted by Gasteiger charge is 2.18. The SMILES string of the molecule is COC[C@H](C)NC(=O)c1c(O)cc(Cl)cc1Cl. The fraction of sp³-hybridized carbons (Fsp3) is 0.364. The predicted octanol–water partition coefficient (Wildman–Crippen LogP) is 2.46. The zero-order valence-corrected chi connectivity index (χ0v) is 11.0. The van der Waals surface area contributed by atoms with Gasteiger partial charge < -0.3 is 15.2 Å². The Labute approximate surface area is 109 Å². The minimum atomic E-state index is -0.464. The van der Waals surface area contributed by atoms with E-state index in [0.29, 0.717) is 6.61 Å². The summed E-state index contributed by atoms with van der Waals surface area (Å²) in [7, 11) is 1.54. The molecular formula is C11H13Cl2NO3. The van der Waals surface area contributed by atoms with Gasteiger partial charge in [0.15, 0.2) is 0 Å². The molecule has 0 heterocycles. The third kappa shape index (κ3) is 3.77. The van der Waals surface area contributed by atoms with E-state index in [4.69, 9.17) is 27.9 Å². The number of benzene rings is 1. The summed E-state index contributed by atoms with van der Waals surface area (Å²) in [4.78, 5) is 11.8. The van der Waals surface area contributed by atoms with E-state index in [1.165, 1.54) is 19.2 Å². The molecule has 0 saturated carbocycles. The minimum Gasteiger partial charge on any atom is -0.507 e. The summed E-state index contributed by atoms with van der Waals surface area (Å²) >= 11 is 11.5. The van der Waals surface area contributed by atoms with Crippen molar-refractivity contribution >= 4 is 29.1 Å². The molecule has 2 N–H and O–H groups in total. The van der Waals surface area contributed by atoms with E-state index >= 15 is 0 Å². The van der Waals surface area contributed by atoms with Crippen molar-refractivity contribution in [3.63, 3.8) is 0 Å². The minimum absolute atomic E-state index is 0.0130. The first-order valence-electron chi connectivity index (χ1n) is 4.93. The smallest absolute Gasteiger partial charge is 0.256 e. The predicted molar refractivity (Wildman–Crippen MR) is 66.9 cm³/mol. The topological polar surface area (TPSA) is 58.6 Å². The van der Waals surface area contributed by atoms with Crippen molar-refractivity contribution in [3.8, 4) is 5.75 Å². The lowest BCUT2D eigenvalue weighted by Crippen LogP contribution is -2.35. The number of methoxy groups -OCH3 is 1. The molecule has 0 fully saturated rings. The van der Waals surface area contributed by atoms with E-state index in [1.807, 2.05) is 0 Å². The molecular weight excluding hydrogens is 265 g/mol. The average Bonchev–Trinajstić information content (AvgIpc) is 2.15. The number of hydrogen-bond donors (Lipinski definition) is 2. The van der Waals surface area contributed by atoms with Crippen molar-refractivity contribution < 1.29 is 14.6 Å². The first-order chi connectivity index (χ1) is 7.95. The number of rotatable bonds is 4. The van der Waals surface area contributed by atoms with E-state index in [-0.39, 0.29) is 27.4 Å². The van der Waals surface area contributed by atoms with Gasteiger partial charge in [0.25, 0.3) is 5.91 Å². The molecule has 0 aromatic heterocycles. The summed E-state index contributed by atoms with van der Waals surface area (Å²) in [5.41, 5.74) is 0.0130. The van der Waals surface area contributed by atoms with Crippen LogP contribution < -0.4 is 5.32 Å². The van der Waals surface area contributed by atoms with Crippen LogP contribution >= 0.6 is 23.2 Å². The van der Waals surface area contributed by atoms with Crippen LogP contribution in [0.25, 0.3) is 0 Å². The Morgan fingerprint density at radius 3 is 2.71 bits per heavy atom. The van der Waals surface area contributed by atoms with Gasteiger partial charge in [0.05, 0.1) is 17.2 Å². The maximum atomic E-state index is 11.8. The van der Waals surface area contributed by atoms with E-state index in [0.717, 1.165) is 0 Å². The fourth-order valence-electron chi connectivity index (χ4n) is 1.37. The Kier molecular flexibility index (Phi) is 5.05. The van der Waals surface area contributed by atoms with Crippen molar-refractivity contribution in [2.45, 2.75) is 13.0 Å². The molecule has 0 saturated heterocycles. The average molecular weight is 278 g/mol. The van der Waals surface area contributed by atoms with Gasteiger partial charge in [-0.25, -0.2) is 0 Å². The van der Waals surface area contributed by atoms with Gasteiger partial charge in [0.1, 0.15) is 5.75 Å². The molecule has 1 rings (SSSR count). The quantitative estimate of drug-likeness (QED) is 0.889. The number of aromatic hydroxyl groups is 1. The summed E-state index contributed by atoms with van der Waals surface area (Å²) < 4.78 is 4.89. The number of phenolic OH excluding ortho intramolecular Hbond substituents is 1. The van der Waals surface area contributed by atoms with Crippen LogP contribution in [0, 0.1) is 0 Å². The molecule has 1 aromatic carbocycles. The van der Waals surface area contributed by atoms with Crippen molar-refractivity contribution in [1.29, 1.82) is 0 Å². The molecule has 0 bridgehead atoms. The molecule has 0 spiro atoms. The summed E-state index contributed by atoms with van der Waals surface area (Å²) in [5, 5.41) is 12.7. The van der Waals surface area contributed by atoms with Crippen LogP contribution in [0.15, 0.2) is 12.1 Å². The highest BCUT2D eigenvalue weighted by molar-refractivity contribution is 6.37. The summed E-state index contributed by atoms with van der Waals surface area (Å²) in [6.07, 6.45) is 0. The zero-order valence-electron chi connectivity index (χ0n) is 9.46. The van der Waals surface area contributed by atoms with Gasteiger partial charge in [0, 0.05) is 18.2 Å². The number of hydrogen-bond acceptors (Lipinski definition) is 3. The van der Waals surface area contributed by atoms with E-state index < -0.39 is 5.91 Å². The van der Waals surface area contributed by atoms with E-state index in [9.17, 15) is 9.90 Å². The van der Waals surface area contributed by atoms with Crippen LogP contribution in [-0.2, 0) is 4.74 Å². The third-order valence-electron chi connectivity index (χ3n) is 2.06. The first-order valence-corrected chi connectivity index (χ1v) is 5.69. The number of nitrogens with one attached hydrogen (secondary N) is 1. The monoisotopic (exact) mass is 277 g/mol. The molecule has 0 radical (unpaired) electrons. The first kappa shape index (κ1) is 14.1. The Morgan fingerprint density at radius 2 is 2.18 bits per heavy atom. The highest BCUT2D eigenvalue weighted by atomic mass is 35.5. The van der Waals surface area contributed by atoms with Gasteiger partial charge in [0.2, 0.25) is 0 Å². The second-order valence-electron chi connectivity index (χ2n) is 3.61. The van der Waals surface area contributed by atoms with Crippen molar-refractivity contribution in [2.75, 3.05) is 13.7 Å². The largest absolute Gasteiger partial charge is 0.507 e. The maximum Gasteiger partial charge on any atom is 0.256 e. The Hall–Kier alpha value is -0.970. The third-order valence-corrected chi connectivity index (χ3v) is 2.57. The van der Waals surface area contributed by atoms with E-state index in [2.05, 4.69) is 5.32 Å². The summed E-state index contributed by atoms with van der Waals surface area (Å²) in [6, 6.07) is 2.49. The van der Waals surface area contributed by atoms with Crippen LogP contribution in [0.5, 0.6) is 5.75 Å². The number of amides is 1. The van der Waals surface area contributed by atoms with Crippen LogP contribution in [0.1, 0.15) is 17.3 Å². The highest BCUT2D eigenvalue weighted by Crippen LogP contribution is 2.29. The van der Waals surface area contributed by atoms with Crippen molar-refractivity contribution in [2.24, 2.45) is 0 Å². The molecule has 1 atom stereocenters. The number of carbonyl (C=O) groups is 1. The molecule has 17 heavy (non-hydrogen) atoms. The Morgan fingerprint density at radius 1 is 1.53 bits per heavy atom. The molecule has 94 valence electrons. The van der Waals surface area contributed by atoms with Crippen molar-refractivity contribution in [3.05, 3.63) is 27.7 Å². The molecule has 0 aliphatic carbocycles. The lowest BCUT2D eigenvalue weighted by Gasteiger charge is -2.14. The van der Waals surface area contributed by atoms with Crippen molar-refractivity contribution in [1.82, 2.24) is 5.32 Å². The standard InChI is InChI=1S/C11H13Cl2NO3/c1-6(5-17-2)14-11(16)10-8(13)3-7(12)4-9(10)15/h3-4,6,15H,5H2,1-2H3,(H,14,16)/t6-/m0/s1. The number of carbonyl (C=O) groups excluding carboxylic acids is 1. The van der Waals surface area contributed by atoms with Gasteiger partial charge >= 0.3 is 0 Å². The van der Waals surface area contributed by atoms with E-state index in [1.54, 1.807) is 6.92 Å².